The second-order valence-electron chi connectivity index (χ2n) is 2.87. The van der Waals surface area contributed by atoms with Crippen molar-refractivity contribution >= 4 is 38.9 Å². The zero-order chi connectivity index (χ0) is 11.0. The first-order valence-electron chi connectivity index (χ1n) is 3.94. The van der Waals surface area contributed by atoms with Crippen LogP contribution in [0, 0.1) is 10.1 Å². The molecular weight excluding hydrogens is 266 g/mol. The van der Waals surface area contributed by atoms with Crippen LogP contribution in [0.15, 0.2) is 27.1 Å². The summed E-state index contributed by atoms with van der Waals surface area (Å²) in [7, 11) is 0. The number of carbonyl (C=O) groups excluding carboxylic acids is 1. The van der Waals surface area contributed by atoms with Crippen molar-refractivity contribution in [1.82, 2.24) is 0 Å². The minimum Gasteiger partial charge on any atom is -0.452 e. The number of nitrogens with zero attached hydrogens (tertiary/aromatic N) is 1. The molecule has 6 heteroatoms. The summed E-state index contributed by atoms with van der Waals surface area (Å²) in [6.07, 6.45) is 0.554. The standard InChI is InChI=1S/C9H4BrNO4/c10-8-3-6(11(13)14)1-5-2-7(4-12)15-9(5)8/h1-4H. The van der Waals surface area contributed by atoms with Crippen molar-refractivity contribution in [3.05, 3.63) is 38.5 Å². The van der Waals surface area contributed by atoms with Gasteiger partial charge in [-0.05, 0) is 22.0 Å². The number of halogens is 1. The van der Waals surface area contributed by atoms with Gasteiger partial charge < -0.3 is 4.42 Å². The smallest absolute Gasteiger partial charge is 0.271 e. The highest BCUT2D eigenvalue weighted by molar-refractivity contribution is 9.10. The Bertz CT molecular complexity index is 560. The van der Waals surface area contributed by atoms with Crippen LogP contribution in [0.25, 0.3) is 11.0 Å². The van der Waals surface area contributed by atoms with Crippen LogP contribution >= 0.6 is 15.9 Å². The van der Waals surface area contributed by atoms with E-state index in [4.69, 9.17) is 4.42 Å². The van der Waals surface area contributed by atoms with Crippen LogP contribution in [-0.4, -0.2) is 11.2 Å². The van der Waals surface area contributed by atoms with Crippen molar-refractivity contribution < 1.29 is 14.1 Å². The van der Waals surface area contributed by atoms with Gasteiger partial charge in [-0.2, -0.15) is 0 Å². The van der Waals surface area contributed by atoms with E-state index in [-0.39, 0.29) is 11.4 Å². The fourth-order valence-corrected chi connectivity index (χ4v) is 1.82. The first-order chi connectivity index (χ1) is 7.11. The van der Waals surface area contributed by atoms with E-state index in [2.05, 4.69) is 15.9 Å². The maximum atomic E-state index is 10.6. The second-order valence-corrected chi connectivity index (χ2v) is 3.72. The molecule has 0 aliphatic carbocycles. The van der Waals surface area contributed by atoms with Gasteiger partial charge in [0.25, 0.3) is 5.69 Å². The maximum absolute atomic E-state index is 10.6. The van der Waals surface area contributed by atoms with Crippen molar-refractivity contribution in [1.29, 1.82) is 0 Å². The lowest BCUT2D eigenvalue weighted by Gasteiger charge is -1.93. The Labute approximate surface area is 92.0 Å². The number of carbonyl (C=O) groups is 1. The average molecular weight is 270 g/mol. The zero-order valence-electron chi connectivity index (χ0n) is 7.27. The van der Waals surface area contributed by atoms with Crippen LogP contribution in [-0.2, 0) is 0 Å². The number of nitro groups is 1. The predicted octanol–water partition coefficient (Wildman–Crippen LogP) is 2.92. The van der Waals surface area contributed by atoms with E-state index in [0.717, 1.165) is 0 Å². The Balaban J connectivity index is 2.75. The molecule has 0 aliphatic heterocycles. The van der Waals surface area contributed by atoms with E-state index in [0.29, 0.717) is 21.7 Å². The van der Waals surface area contributed by atoms with E-state index < -0.39 is 4.92 Å². The molecule has 76 valence electrons. The second kappa shape index (κ2) is 3.47. The van der Waals surface area contributed by atoms with Gasteiger partial charge in [-0.1, -0.05) is 0 Å². The van der Waals surface area contributed by atoms with E-state index in [1.165, 1.54) is 18.2 Å². The number of aldehydes is 1. The molecule has 0 amide bonds. The van der Waals surface area contributed by atoms with Gasteiger partial charge in [-0.15, -0.1) is 0 Å². The fraction of sp³-hybridized carbons (Fsp3) is 0. The highest BCUT2D eigenvalue weighted by Crippen LogP contribution is 2.31. The number of fused-ring (bicyclic) bond motifs is 1. The largest absolute Gasteiger partial charge is 0.452 e. The molecule has 0 radical (unpaired) electrons. The van der Waals surface area contributed by atoms with Gasteiger partial charge in [-0.25, -0.2) is 0 Å². The molecule has 0 aliphatic rings. The quantitative estimate of drug-likeness (QED) is 0.477. The van der Waals surface area contributed by atoms with Gasteiger partial charge in [0.1, 0.15) is 5.58 Å². The van der Waals surface area contributed by atoms with E-state index in [9.17, 15) is 14.9 Å². The minimum atomic E-state index is -0.502. The molecule has 0 fully saturated rings. The first kappa shape index (κ1) is 9.85. The lowest BCUT2D eigenvalue weighted by atomic mass is 10.2. The Kier molecular flexibility index (Phi) is 2.28. The molecule has 0 saturated carbocycles. The lowest BCUT2D eigenvalue weighted by Crippen LogP contribution is -1.86. The molecule has 0 bridgehead atoms. The summed E-state index contributed by atoms with van der Waals surface area (Å²) in [5, 5.41) is 11.1. The minimum absolute atomic E-state index is 0.0485. The number of rotatable bonds is 2. The molecule has 0 N–H and O–H groups in total. The summed E-state index contributed by atoms with van der Waals surface area (Å²) in [5.74, 6) is 0.145. The molecule has 0 unspecified atom stereocenters. The molecule has 2 aromatic rings. The zero-order valence-corrected chi connectivity index (χ0v) is 8.85. The molecule has 2 rings (SSSR count). The van der Waals surface area contributed by atoms with Crippen molar-refractivity contribution in [3.8, 4) is 0 Å². The normalized spacial score (nSPS) is 10.5. The third-order valence-electron chi connectivity index (χ3n) is 1.90. The highest BCUT2D eigenvalue weighted by Gasteiger charge is 2.13. The fourth-order valence-electron chi connectivity index (χ4n) is 1.28. The SMILES string of the molecule is O=Cc1cc2cc([N+](=O)[O-])cc(Br)c2o1. The molecule has 1 aromatic heterocycles. The molecule has 0 saturated heterocycles. The molecule has 1 aromatic carbocycles. The van der Waals surface area contributed by atoms with Crippen LogP contribution < -0.4 is 0 Å². The summed E-state index contributed by atoms with van der Waals surface area (Å²) in [6.45, 7) is 0. The summed E-state index contributed by atoms with van der Waals surface area (Å²) in [6, 6.07) is 4.15. The van der Waals surface area contributed by atoms with Gasteiger partial charge in [0.05, 0.1) is 9.40 Å². The highest BCUT2D eigenvalue weighted by atomic mass is 79.9. The van der Waals surface area contributed by atoms with Gasteiger partial charge in [0.2, 0.25) is 0 Å². The number of hydrogen-bond acceptors (Lipinski definition) is 4. The number of furan rings is 1. The van der Waals surface area contributed by atoms with Crippen molar-refractivity contribution in [3.63, 3.8) is 0 Å². The van der Waals surface area contributed by atoms with Gasteiger partial charge in [-0.3, -0.25) is 14.9 Å². The van der Waals surface area contributed by atoms with Crippen LogP contribution in [0.5, 0.6) is 0 Å². The van der Waals surface area contributed by atoms with E-state index >= 15 is 0 Å². The number of nitro benzene ring substituents is 1. The van der Waals surface area contributed by atoms with Gasteiger partial charge in [0, 0.05) is 17.5 Å². The summed E-state index contributed by atoms with van der Waals surface area (Å²) >= 11 is 3.14. The molecule has 1 heterocycles. The Hall–Kier alpha value is -1.69. The number of non-ortho nitro benzene ring substituents is 1. The first-order valence-corrected chi connectivity index (χ1v) is 4.74. The Morgan fingerprint density at radius 1 is 1.40 bits per heavy atom. The molecular formula is C9H4BrNO4. The number of hydrogen-bond donors (Lipinski definition) is 0. The van der Waals surface area contributed by atoms with Crippen LogP contribution in [0.2, 0.25) is 0 Å². The molecule has 0 spiro atoms. The summed E-state index contributed by atoms with van der Waals surface area (Å²) in [5.41, 5.74) is 0.385. The van der Waals surface area contributed by atoms with Crippen LogP contribution in [0.4, 0.5) is 5.69 Å². The third-order valence-corrected chi connectivity index (χ3v) is 2.49. The Morgan fingerprint density at radius 2 is 2.13 bits per heavy atom. The lowest BCUT2D eigenvalue weighted by molar-refractivity contribution is -0.384. The third kappa shape index (κ3) is 1.63. The topological polar surface area (TPSA) is 73.3 Å². The van der Waals surface area contributed by atoms with Crippen molar-refractivity contribution in [2.45, 2.75) is 0 Å². The maximum Gasteiger partial charge on any atom is 0.271 e. The summed E-state index contributed by atoms with van der Waals surface area (Å²) in [4.78, 5) is 20.5. The van der Waals surface area contributed by atoms with E-state index in [1.807, 2.05) is 0 Å². The number of benzene rings is 1. The molecule has 5 nitrogen and oxygen atoms in total. The molecule has 0 atom stereocenters. The van der Waals surface area contributed by atoms with Crippen LogP contribution in [0.1, 0.15) is 10.6 Å². The van der Waals surface area contributed by atoms with Gasteiger partial charge in [0.15, 0.2) is 12.0 Å². The predicted molar refractivity (Wildman–Crippen MR) is 56.0 cm³/mol. The van der Waals surface area contributed by atoms with Crippen molar-refractivity contribution in [2.24, 2.45) is 0 Å². The van der Waals surface area contributed by atoms with Gasteiger partial charge >= 0.3 is 0 Å². The average Bonchev–Trinajstić information content (AvgIpc) is 2.61. The molecule has 15 heavy (non-hydrogen) atoms. The Morgan fingerprint density at radius 3 is 2.73 bits per heavy atom. The summed E-state index contributed by atoms with van der Waals surface area (Å²) < 4.78 is 5.60. The van der Waals surface area contributed by atoms with Crippen LogP contribution in [0.3, 0.4) is 0 Å². The van der Waals surface area contributed by atoms with E-state index in [1.54, 1.807) is 0 Å². The monoisotopic (exact) mass is 269 g/mol. The van der Waals surface area contributed by atoms with Crippen molar-refractivity contribution in [2.75, 3.05) is 0 Å².